The van der Waals surface area contributed by atoms with Crippen LogP contribution in [0.15, 0.2) is 18.2 Å². The van der Waals surface area contributed by atoms with Crippen molar-refractivity contribution in [2.24, 2.45) is 0 Å². The van der Waals surface area contributed by atoms with E-state index >= 15 is 0 Å². The van der Waals surface area contributed by atoms with E-state index in [1.165, 1.54) is 19.1 Å². The van der Waals surface area contributed by atoms with Gasteiger partial charge in [-0.3, -0.25) is 14.9 Å². The van der Waals surface area contributed by atoms with Gasteiger partial charge in [0.2, 0.25) is 0 Å². The van der Waals surface area contributed by atoms with Gasteiger partial charge in [0.05, 0.1) is 11.5 Å². The molecule has 0 fully saturated rings. The first kappa shape index (κ1) is 15.1. The molecule has 0 aromatic heterocycles. The number of aliphatic hydroxyl groups is 1. The van der Waals surface area contributed by atoms with Gasteiger partial charge in [0.15, 0.2) is 5.78 Å². The summed E-state index contributed by atoms with van der Waals surface area (Å²) in [7, 11) is 0. The summed E-state index contributed by atoms with van der Waals surface area (Å²) >= 11 is 0. The predicted octanol–water partition coefficient (Wildman–Crippen LogP) is 2.01. The number of nitro benzene ring substituents is 1. The molecule has 1 aromatic carbocycles. The van der Waals surface area contributed by atoms with Gasteiger partial charge in [-0.1, -0.05) is 6.92 Å². The number of carbonyl (C=O) groups excluding carboxylic acids is 1. The van der Waals surface area contributed by atoms with Gasteiger partial charge < -0.3 is 10.0 Å². The van der Waals surface area contributed by atoms with Crippen LogP contribution in [0.4, 0.5) is 11.4 Å². The number of nitro groups is 1. The minimum absolute atomic E-state index is 0.0334. The highest BCUT2D eigenvalue weighted by molar-refractivity contribution is 6.00. The predicted molar refractivity (Wildman–Crippen MR) is 72.7 cm³/mol. The average Bonchev–Trinajstić information content (AvgIpc) is 2.37. The molecule has 0 bridgehead atoms. The van der Waals surface area contributed by atoms with E-state index in [2.05, 4.69) is 0 Å². The van der Waals surface area contributed by atoms with E-state index in [1.54, 1.807) is 6.07 Å². The third kappa shape index (κ3) is 3.75. The number of carbonyl (C=O) groups is 1. The van der Waals surface area contributed by atoms with Gasteiger partial charge in [0.1, 0.15) is 0 Å². The zero-order chi connectivity index (χ0) is 14.4. The van der Waals surface area contributed by atoms with E-state index in [0.717, 1.165) is 6.42 Å². The van der Waals surface area contributed by atoms with E-state index in [0.29, 0.717) is 24.3 Å². The molecule has 0 spiro atoms. The molecule has 1 aromatic rings. The molecule has 6 nitrogen and oxygen atoms in total. The van der Waals surface area contributed by atoms with Crippen molar-refractivity contribution in [3.05, 3.63) is 33.9 Å². The Morgan fingerprint density at radius 1 is 1.42 bits per heavy atom. The van der Waals surface area contributed by atoms with Crippen molar-refractivity contribution in [3.8, 4) is 0 Å². The van der Waals surface area contributed by atoms with Crippen molar-refractivity contribution in [3.63, 3.8) is 0 Å². The zero-order valence-electron chi connectivity index (χ0n) is 11.1. The topological polar surface area (TPSA) is 83.7 Å². The van der Waals surface area contributed by atoms with Gasteiger partial charge in [0, 0.05) is 36.5 Å². The third-order valence-electron chi connectivity index (χ3n) is 2.77. The van der Waals surface area contributed by atoms with Crippen LogP contribution in [-0.2, 0) is 0 Å². The number of nitrogens with zero attached hydrogens (tertiary/aromatic N) is 2. The maximum Gasteiger partial charge on any atom is 0.270 e. The fourth-order valence-corrected chi connectivity index (χ4v) is 1.94. The number of aliphatic hydroxyl groups excluding tert-OH is 1. The fourth-order valence-electron chi connectivity index (χ4n) is 1.94. The van der Waals surface area contributed by atoms with Crippen LogP contribution in [0, 0.1) is 10.1 Å². The molecule has 6 heteroatoms. The lowest BCUT2D eigenvalue weighted by molar-refractivity contribution is -0.384. The van der Waals surface area contributed by atoms with Crippen molar-refractivity contribution < 1.29 is 14.8 Å². The third-order valence-corrected chi connectivity index (χ3v) is 2.77. The van der Waals surface area contributed by atoms with E-state index in [-0.39, 0.29) is 18.1 Å². The van der Waals surface area contributed by atoms with Crippen LogP contribution < -0.4 is 4.90 Å². The molecular formula is C13H18N2O4. The second-order valence-electron chi connectivity index (χ2n) is 4.23. The molecule has 0 saturated heterocycles. The Bertz CT molecular complexity index is 468. The Morgan fingerprint density at radius 3 is 2.58 bits per heavy atom. The van der Waals surface area contributed by atoms with Crippen LogP contribution in [0.1, 0.15) is 30.6 Å². The van der Waals surface area contributed by atoms with Crippen LogP contribution >= 0.6 is 0 Å². The Kier molecular flexibility index (Phi) is 5.44. The number of non-ortho nitro benzene ring substituents is 1. The Hall–Kier alpha value is -1.95. The zero-order valence-corrected chi connectivity index (χ0v) is 11.1. The molecule has 0 amide bonds. The molecule has 0 aliphatic rings. The van der Waals surface area contributed by atoms with Crippen molar-refractivity contribution in [1.29, 1.82) is 0 Å². The van der Waals surface area contributed by atoms with Crippen LogP contribution in [0.25, 0.3) is 0 Å². The summed E-state index contributed by atoms with van der Waals surface area (Å²) in [4.78, 5) is 23.7. The maximum absolute atomic E-state index is 11.6. The summed E-state index contributed by atoms with van der Waals surface area (Å²) in [6.45, 7) is 4.41. The van der Waals surface area contributed by atoms with E-state index in [4.69, 9.17) is 5.11 Å². The molecule has 19 heavy (non-hydrogen) atoms. The standard InChI is InChI=1S/C13H18N2O4/c1-3-6-14(7-8-16)13-5-4-11(15(18)19)9-12(13)10(2)17/h4-5,9,16H,3,6-8H2,1-2H3. The number of hydrogen-bond donors (Lipinski definition) is 1. The lowest BCUT2D eigenvalue weighted by atomic mass is 10.1. The molecule has 0 heterocycles. The molecule has 1 N–H and O–H groups in total. The summed E-state index contributed by atoms with van der Waals surface area (Å²) in [6.07, 6.45) is 0.855. The number of Topliss-reactive ketones (excluding diaryl/α,β-unsaturated/α-hetero) is 1. The molecule has 1 rings (SSSR count). The quantitative estimate of drug-likeness (QED) is 0.463. The number of ketones is 1. The number of anilines is 1. The smallest absolute Gasteiger partial charge is 0.270 e. The normalized spacial score (nSPS) is 10.3. The average molecular weight is 266 g/mol. The Morgan fingerprint density at radius 2 is 2.11 bits per heavy atom. The second kappa shape index (κ2) is 6.84. The Balaban J connectivity index is 3.24. The van der Waals surface area contributed by atoms with Crippen LogP contribution in [0.3, 0.4) is 0 Å². The molecule has 0 aliphatic carbocycles. The first-order valence-corrected chi connectivity index (χ1v) is 6.16. The van der Waals surface area contributed by atoms with E-state index in [1.807, 2.05) is 11.8 Å². The van der Waals surface area contributed by atoms with E-state index < -0.39 is 4.92 Å². The lowest BCUT2D eigenvalue weighted by Crippen LogP contribution is -2.28. The van der Waals surface area contributed by atoms with Gasteiger partial charge in [-0.25, -0.2) is 0 Å². The molecule has 0 saturated carbocycles. The van der Waals surface area contributed by atoms with Crippen molar-refractivity contribution in [2.75, 3.05) is 24.6 Å². The van der Waals surface area contributed by atoms with Gasteiger partial charge >= 0.3 is 0 Å². The van der Waals surface area contributed by atoms with Gasteiger partial charge in [-0.05, 0) is 19.4 Å². The minimum atomic E-state index is -0.521. The maximum atomic E-state index is 11.6. The lowest BCUT2D eigenvalue weighted by Gasteiger charge is -2.25. The van der Waals surface area contributed by atoms with Crippen molar-refractivity contribution in [1.82, 2.24) is 0 Å². The highest BCUT2D eigenvalue weighted by Gasteiger charge is 2.17. The summed E-state index contributed by atoms with van der Waals surface area (Å²) in [6, 6.07) is 4.24. The summed E-state index contributed by atoms with van der Waals surface area (Å²) < 4.78 is 0. The molecule has 0 unspecified atom stereocenters. The molecular weight excluding hydrogens is 248 g/mol. The van der Waals surface area contributed by atoms with Crippen LogP contribution in [0.2, 0.25) is 0 Å². The van der Waals surface area contributed by atoms with E-state index in [9.17, 15) is 14.9 Å². The largest absolute Gasteiger partial charge is 0.395 e. The van der Waals surface area contributed by atoms with Gasteiger partial charge in [-0.2, -0.15) is 0 Å². The highest BCUT2D eigenvalue weighted by atomic mass is 16.6. The van der Waals surface area contributed by atoms with Gasteiger partial charge in [0.25, 0.3) is 5.69 Å². The number of rotatable bonds is 7. The highest BCUT2D eigenvalue weighted by Crippen LogP contribution is 2.26. The summed E-state index contributed by atoms with van der Waals surface area (Å²) in [5.74, 6) is -0.224. The molecule has 0 radical (unpaired) electrons. The minimum Gasteiger partial charge on any atom is -0.395 e. The molecule has 0 aliphatic heterocycles. The number of hydrogen-bond acceptors (Lipinski definition) is 5. The summed E-state index contributed by atoms with van der Waals surface area (Å²) in [5.41, 5.74) is 0.847. The van der Waals surface area contributed by atoms with Crippen molar-refractivity contribution >= 4 is 17.2 Å². The Labute approximate surface area is 111 Å². The van der Waals surface area contributed by atoms with Crippen LogP contribution in [-0.4, -0.2) is 35.5 Å². The first-order chi connectivity index (χ1) is 9.01. The fraction of sp³-hybridized carbons (Fsp3) is 0.462. The SMILES string of the molecule is CCCN(CCO)c1ccc([N+](=O)[O-])cc1C(C)=O. The first-order valence-electron chi connectivity index (χ1n) is 6.16. The van der Waals surface area contributed by atoms with Gasteiger partial charge in [-0.15, -0.1) is 0 Å². The monoisotopic (exact) mass is 266 g/mol. The molecule has 104 valence electrons. The summed E-state index contributed by atoms with van der Waals surface area (Å²) in [5, 5.41) is 19.8. The molecule has 0 atom stereocenters. The van der Waals surface area contributed by atoms with Crippen molar-refractivity contribution in [2.45, 2.75) is 20.3 Å². The van der Waals surface area contributed by atoms with Crippen LogP contribution in [0.5, 0.6) is 0 Å². The second-order valence-corrected chi connectivity index (χ2v) is 4.23. The number of benzene rings is 1.